The molecular formula is C18H31IN4O2S. The fourth-order valence-corrected chi connectivity index (χ4v) is 4.37. The third-order valence-electron chi connectivity index (χ3n) is 4.53. The summed E-state index contributed by atoms with van der Waals surface area (Å²) >= 11 is 0. The van der Waals surface area contributed by atoms with Crippen LogP contribution in [0.1, 0.15) is 45.1 Å². The highest BCUT2D eigenvalue weighted by molar-refractivity contribution is 14.0. The molecule has 0 amide bonds. The van der Waals surface area contributed by atoms with E-state index in [9.17, 15) is 8.42 Å². The second kappa shape index (κ2) is 11.1. The molecule has 1 atom stereocenters. The molecule has 0 radical (unpaired) electrons. The number of aliphatic imine (C=N–C) groups is 1. The van der Waals surface area contributed by atoms with E-state index >= 15 is 0 Å². The highest BCUT2D eigenvalue weighted by Gasteiger charge is 2.25. The lowest BCUT2D eigenvalue weighted by Gasteiger charge is -2.26. The van der Waals surface area contributed by atoms with Crippen molar-refractivity contribution in [3.05, 3.63) is 29.8 Å². The molecular weight excluding hydrogens is 463 g/mol. The third kappa shape index (κ3) is 6.38. The van der Waals surface area contributed by atoms with E-state index in [-0.39, 0.29) is 24.0 Å². The number of piperidine rings is 1. The number of nitrogens with zero attached hydrogens (tertiary/aromatic N) is 2. The summed E-state index contributed by atoms with van der Waals surface area (Å²) in [5.41, 5.74) is 0.921. The standard InChI is InChI=1S/C18H30N4O2S.HI/c1-4-15(2)21-18(19-3)20-14-16-9-8-10-17(13-16)25(23,24)22-11-6-5-7-12-22;/h8-10,13,15H,4-7,11-12,14H2,1-3H3,(H2,19,20,21);1H. The predicted octanol–water partition coefficient (Wildman–Crippen LogP) is 2.94. The molecule has 26 heavy (non-hydrogen) atoms. The quantitative estimate of drug-likeness (QED) is 0.363. The summed E-state index contributed by atoms with van der Waals surface area (Å²) in [6, 6.07) is 7.50. The van der Waals surface area contributed by atoms with Crippen LogP contribution in [0.3, 0.4) is 0 Å². The first-order valence-corrected chi connectivity index (χ1v) is 10.5. The Morgan fingerprint density at radius 1 is 1.27 bits per heavy atom. The predicted molar refractivity (Wildman–Crippen MR) is 118 cm³/mol. The zero-order valence-corrected chi connectivity index (χ0v) is 19.0. The molecule has 148 valence electrons. The van der Waals surface area contributed by atoms with Crippen molar-refractivity contribution in [1.82, 2.24) is 14.9 Å². The van der Waals surface area contributed by atoms with Crippen LogP contribution in [0, 0.1) is 0 Å². The molecule has 1 fully saturated rings. The van der Waals surface area contributed by atoms with Gasteiger partial charge in [-0.05, 0) is 43.9 Å². The van der Waals surface area contributed by atoms with Gasteiger partial charge in [0.15, 0.2) is 5.96 Å². The van der Waals surface area contributed by atoms with Crippen LogP contribution in [0.5, 0.6) is 0 Å². The van der Waals surface area contributed by atoms with E-state index in [0.717, 1.165) is 37.2 Å². The Morgan fingerprint density at radius 3 is 2.58 bits per heavy atom. The second-order valence-corrected chi connectivity index (χ2v) is 8.43. The second-order valence-electron chi connectivity index (χ2n) is 6.49. The normalized spacial score (nSPS) is 17.3. The Balaban J connectivity index is 0.00000338. The fourth-order valence-electron chi connectivity index (χ4n) is 2.79. The summed E-state index contributed by atoms with van der Waals surface area (Å²) in [4.78, 5) is 4.58. The van der Waals surface area contributed by atoms with Gasteiger partial charge in [0.2, 0.25) is 10.0 Å². The van der Waals surface area contributed by atoms with Crippen LogP contribution in [0.2, 0.25) is 0 Å². The topological polar surface area (TPSA) is 73.8 Å². The molecule has 0 saturated carbocycles. The summed E-state index contributed by atoms with van der Waals surface area (Å²) in [7, 11) is -1.66. The highest BCUT2D eigenvalue weighted by atomic mass is 127. The van der Waals surface area contributed by atoms with Gasteiger partial charge in [-0.3, -0.25) is 4.99 Å². The Bertz CT molecular complexity index is 688. The molecule has 1 aromatic carbocycles. The van der Waals surface area contributed by atoms with Gasteiger partial charge in [-0.2, -0.15) is 4.31 Å². The summed E-state index contributed by atoms with van der Waals surface area (Å²) in [5, 5.41) is 6.54. The molecule has 0 spiro atoms. The van der Waals surface area contributed by atoms with Crippen LogP contribution in [0.25, 0.3) is 0 Å². The maximum atomic E-state index is 12.8. The number of nitrogens with one attached hydrogen (secondary N) is 2. The van der Waals surface area contributed by atoms with Gasteiger partial charge in [-0.1, -0.05) is 25.5 Å². The van der Waals surface area contributed by atoms with Crippen LogP contribution in [-0.4, -0.2) is 44.9 Å². The third-order valence-corrected chi connectivity index (χ3v) is 6.42. The van der Waals surface area contributed by atoms with E-state index in [2.05, 4.69) is 29.5 Å². The van der Waals surface area contributed by atoms with E-state index in [1.807, 2.05) is 6.07 Å². The Kier molecular flexibility index (Phi) is 9.88. The number of halogens is 1. The SMILES string of the molecule is CCC(C)NC(=NC)NCc1cccc(S(=O)(=O)N2CCCCC2)c1.I. The van der Waals surface area contributed by atoms with E-state index in [4.69, 9.17) is 0 Å². The lowest BCUT2D eigenvalue weighted by atomic mass is 10.2. The summed E-state index contributed by atoms with van der Waals surface area (Å²) in [6.45, 7) is 5.98. The summed E-state index contributed by atoms with van der Waals surface area (Å²) in [5.74, 6) is 0.721. The van der Waals surface area contributed by atoms with E-state index < -0.39 is 10.0 Å². The van der Waals surface area contributed by atoms with E-state index in [1.165, 1.54) is 0 Å². The minimum Gasteiger partial charge on any atom is -0.354 e. The van der Waals surface area contributed by atoms with Gasteiger partial charge in [-0.25, -0.2) is 8.42 Å². The number of sulfonamides is 1. The van der Waals surface area contributed by atoms with Crippen molar-refractivity contribution in [2.24, 2.45) is 4.99 Å². The van der Waals surface area contributed by atoms with Gasteiger partial charge >= 0.3 is 0 Å². The van der Waals surface area contributed by atoms with Crippen molar-refractivity contribution in [1.29, 1.82) is 0 Å². The Labute approximate surface area is 174 Å². The van der Waals surface area contributed by atoms with Gasteiger partial charge in [0.1, 0.15) is 0 Å². The molecule has 2 rings (SSSR count). The molecule has 0 aliphatic carbocycles. The van der Waals surface area contributed by atoms with Crippen molar-refractivity contribution in [2.75, 3.05) is 20.1 Å². The average molecular weight is 494 g/mol. The minimum absolute atomic E-state index is 0. The Morgan fingerprint density at radius 2 is 1.96 bits per heavy atom. The summed E-state index contributed by atoms with van der Waals surface area (Å²) in [6.07, 6.45) is 4.00. The maximum absolute atomic E-state index is 12.8. The lowest BCUT2D eigenvalue weighted by Crippen LogP contribution is -2.41. The van der Waals surface area contributed by atoms with E-state index in [0.29, 0.717) is 30.6 Å². The van der Waals surface area contributed by atoms with Crippen LogP contribution < -0.4 is 10.6 Å². The zero-order valence-electron chi connectivity index (χ0n) is 15.9. The molecule has 2 N–H and O–H groups in total. The molecule has 1 heterocycles. The van der Waals surface area contributed by atoms with Crippen molar-refractivity contribution < 1.29 is 8.42 Å². The van der Waals surface area contributed by atoms with Crippen LogP contribution in [-0.2, 0) is 16.6 Å². The van der Waals surface area contributed by atoms with Gasteiger partial charge in [0.25, 0.3) is 0 Å². The molecule has 1 aromatic rings. The molecule has 0 aromatic heterocycles. The molecule has 8 heteroatoms. The van der Waals surface area contributed by atoms with Gasteiger partial charge < -0.3 is 10.6 Å². The van der Waals surface area contributed by atoms with Crippen LogP contribution in [0.15, 0.2) is 34.2 Å². The fraction of sp³-hybridized carbons (Fsp3) is 0.611. The van der Waals surface area contributed by atoms with Crippen LogP contribution in [0.4, 0.5) is 0 Å². The highest BCUT2D eigenvalue weighted by Crippen LogP contribution is 2.21. The number of rotatable bonds is 6. The first kappa shape index (κ1) is 23.2. The van der Waals surface area contributed by atoms with Gasteiger partial charge in [0.05, 0.1) is 4.90 Å². The van der Waals surface area contributed by atoms with Crippen molar-refractivity contribution in [2.45, 2.75) is 57.0 Å². The number of benzene rings is 1. The molecule has 1 aliphatic rings. The first-order chi connectivity index (χ1) is 12.0. The van der Waals surface area contributed by atoms with E-state index in [1.54, 1.807) is 29.6 Å². The van der Waals surface area contributed by atoms with Gasteiger partial charge in [0, 0.05) is 32.7 Å². The first-order valence-electron chi connectivity index (χ1n) is 9.03. The van der Waals surface area contributed by atoms with Crippen molar-refractivity contribution in [3.63, 3.8) is 0 Å². The maximum Gasteiger partial charge on any atom is 0.243 e. The number of hydrogen-bond acceptors (Lipinski definition) is 3. The summed E-state index contributed by atoms with van der Waals surface area (Å²) < 4.78 is 27.2. The monoisotopic (exact) mass is 494 g/mol. The van der Waals surface area contributed by atoms with Crippen molar-refractivity contribution in [3.8, 4) is 0 Å². The van der Waals surface area contributed by atoms with Gasteiger partial charge in [-0.15, -0.1) is 24.0 Å². The smallest absolute Gasteiger partial charge is 0.243 e. The molecule has 1 saturated heterocycles. The molecule has 0 bridgehead atoms. The lowest BCUT2D eigenvalue weighted by molar-refractivity contribution is 0.346. The average Bonchev–Trinajstić information content (AvgIpc) is 2.65. The number of hydrogen-bond donors (Lipinski definition) is 2. The zero-order chi connectivity index (χ0) is 18.3. The number of guanidine groups is 1. The Hall–Kier alpha value is -0.870. The minimum atomic E-state index is -3.39. The molecule has 1 aliphatic heterocycles. The van der Waals surface area contributed by atoms with Crippen molar-refractivity contribution >= 4 is 40.0 Å². The molecule has 1 unspecified atom stereocenters. The molecule has 6 nitrogen and oxygen atoms in total. The van der Waals surface area contributed by atoms with Crippen LogP contribution >= 0.6 is 24.0 Å². The largest absolute Gasteiger partial charge is 0.354 e.